The minimum Gasteiger partial charge on any atom is -0.489 e. The highest BCUT2D eigenvalue weighted by atomic mass is 35.5. The van der Waals surface area contributed by atoms with Crippen molar-refractivity contribution in [1.29, 1.82) is 5.26 Å². The number of carbonyl (C=O) groups excluding carboxylic acids is 3. The number of amides is 2. The van der Waals surface area contributed by atoms with Gasteiger partial charge in [0.1, 0.15) is 59.9 Å². The molecule has 20 heteroatoms. The van der Waals surface area contributed by atoms with Crippen molar-refractivity contribution in [2.75, 3.05) is 58.8 Å². The number of aryl methyl sites for hydroxylation is 1. The maximum absolute atomic E-state index is 17.6. The Kier molecular flexibility index (Phi) is 12.5. The number of carbonyl (C=O) groups is 3. The molecule has 2 aromatic carbocycles. The van der Waals surface area contributed by atoms with Gasteiger partial charge >= 0.3 is 17.9 Å². The number of ether oxygens (including phenoxy) is 3. The lowest BCUT2D eigenvalue weighted by atomic mass is 9.74. The van der Waals surface area contributed by atoms with Gasteiger partial charge in [0.2, 0.25) is 5.70 Å². The van der Waals surface area contributed by atoms with Crippen molar-refractivity contribution in [2.24, 2.45) is 15.4 Å². The summed E-state index contributed by atoms with van der Waals surface area (Å²) in [5.74, 6) is -2.35. The molecule has 0 spiro atoms. The van der Waals surface area contributed by atoms with Gasteiger partial charge in [0.15, 0.2) is 17.6 Å². The third-order valence-electron chi connectivity index (χ3n) is 15.8. The highest BCUT2D eigenvalue weighted by molar-refractivity contribution is 7.23. The number of nitrogen functional groups attached to an aromatic ring is 1. The average molecular weight is 1060 g/mol. The summed E-state index contributed by atoms with van der Waals surface area (Å²) < 4.78 is 52.1. The zero-order chi connectivity index (χ0) is 53.0. The number of likely N-dealkylation sites (N-methyl/N-ethyl adjacent to an activating group) is 1. The van der Waals surface area contributed by atoms with Gasteiger partial charge < -0.3 is 34.9 Å². The number of nitriles is 1. The molecule has 1 aliphatic carbocycles. The normalized spacial score (nSPS) is 25.7. The molecular formula is C55H53ClF2N9O7S+. The van der Waals surface area contributed by atoms with Crippen LogP contribution in [0.4, 0.5) is 13.8 Å². The molecule has 2 saturated heterocycles. The predicted molar refractivity (Wildman–Crippen MR) is 281 cm³/mol. The monoisotopic (exact) mass is 1060 g/mol. The molecule has 0 saturated carbocycles. The van der Waals surface area contributed by atoms with E-state index in [1.54, 1.807) is 36.3 Å². The second-order valence-electron chi connectivity index (χ2n) is 20.2. The van der Waals surface area contributed by atoms with Crippen LogP contribution in [0.15, 0.2) is 86.6 Å². The summed E-state index contributed by atoms with van der Waals surface area (Å²) >= 11 is 8.00. The summed E-state index contributed by atoms with van der Waals surface area (Å²) in [6.07, 6.45) is 6.88. The van der Waals surface area contributed by atoms with E-state index in [9.17, 15) is 24.8 Å². The van der Waals surface area contributed by atoms with Crippen molar-refractivity contribution in [1.82, 2.24) is 19.7 Å². The lowest BCUT2D eigenvalue weighted by Gasteiger charge is -2.49. The summed E-state index contributed by atoms with van der Waals surface area (Å²) in [4.78, 5) is 61.4. The number of likely N-dealkylation sites (tertiary alicyclic amines) is 1. The number of hydrogen-bond acceptors (Lipinski definition) is 15. The number of hydrogen-bond donors (Lipinski definition) is 2. The molecule has 2 unspecified atom stereocenters. The van der Waals surface area contributed by atoms with Gasteiger partial charge in [0.25, 0.3) is 5.91 Å². The average Bonchev–Trinajstić information content (AvgIpc) is 4.12. The van der Waals surface area contributed by atoms with E-state index in [1.807, 2.05) is 40.0 Å². The number of thiophene rings is 1. The van der Waals surface area contributed by atoms with Gasteiger partial charge in [-0.15, -0.1) is 15.9 Å². The van der Waals surface area contributed by atoms with Crippen LogP contribution in [0, 0.1) is 22.6 Å². The van der Waals surface area contributed by atoms with Crippen molar-refractivity contribution in [3.05, 3.63) is 110 Å². The Morgan fingerprint density at radius 2 is 1.97 bits per heavy atom. The van der Waals surface area contributed by atoms with Crippen LogP contribution in [-0.4, -0.2) is 142 Å². The molecule has 0 radical (unpaired) electrons. The van der Waals surface area contributed by atoms with Gasteiger partial charge in [-0.25, -0.2) is 28.3 Å². The first-order chi connectivity index (χ1) is 35.9. The minimum atomic E-state index is -1.95. The summed E-state index contributed by atoms with van der Waals surface area (Å²) in [6.45, 7) is 13.3. The maximum Gasteiger partial charge on any atom is 0.425 e. The topological polar surface area (TPSA) is 199 Å². The predicted octanol–water partition coefficient (Wildman–Crippen LogP) is 7.16. The maximum atomic E-state index is 17.6. The van der Waals surface area contributed by atoms with Crippen LogP contribution in [0.1, 0.15) is 74.9 Å². The number of anilines is 1. The Bertz CT molecular complexity index is 3540. The molecule has 2 amide bonds. The molecule has 8 heterocycles. The summed E-state index contributed by atoms with van der Waals surface area (Å²) in [7, 11) is 2.03. The number of fused-ring (bicyclic) bond motifs is 6. The number of cyclic esters (lactones) is 1. The fourth-order valence-corrected chi connectivity index (χ4v) is 13.0. The third kappa shape index (κ3) is 7.94. The number of aliphatic hydroxyl groups is 1. The number of esters is 1. The second-order valence-corrected chi connectivity index (χ2v) is 21.6. The van der Waals surface area contributed by atoms with E-state index in [2.05, 4.69) is 22.4 Å². The highest BCUT2D eigenvalue weighted by Crippen LogP contribution is 2.50. The molecule has 16 nitrogen and oxygen atoms in total. The molecule has 2 fully saturated rings. The number of nitrogens with two attached hydrogens (primary N) is 1. The first kappa shape index (κ1) is 50.2. The molecule has 11 rings (SSSR count). The smallest absolute Gasteiger partial charge is 0.425 e. The summed E-state index contributed by atoms with van der Waals surface area (Å²) in [5.41, 5.74) is 7.18. The number of pyridine rings is 1. The molecule has 3 N–H and O–H groups in total. The van der Waals surface area contributed by atoms with E-state index >= 15 is 8.78 Å². The van der Waals surface area contributed by atoms with Crippen molar-refractivity contribution < 1.29 is 47.1 Å². The first-order valence-electron chi connectivity index (χ1n) is 25.0. The second kappa shape index (κ2) is 18.7. The number of halogens is 3. The quantitative estimate of drug-likeness (QED) is 0.0924. The molecule has 7 aliphatic rings. The van der Waals surface area contributed by atoms with Gasteiger partial charge in [-0.05, 0) is 94.6 Å². The number of amidine groups is 1. The van der Waals surface area contributed by atoms with Gasteiger partial charge in [-0.2, -0.15) is 10.3 Å². The lowest BCUT2D eigenvalue weighted by molar-refractivity contribution is -0.349. The van der Waals surface area contributed by atoms with E-state index in [0.29, 0.717) is 35.6 Å². The zero-order valence-corrected chi connectivity index (χ0v) is 43.5. The van der Waals surface area contributed by atoms with Crippen molar-refractivity contribution in [3.63, 3.8) is 0 Å². The van der Waals surface area contributed by atoms with E-state index in [1.165, 1.54) is 16.7 Å². The van der Waals surface area contributed by atoms with E-state index in [4.69, 9.17) is 46.5 Å². The third-order valence-corrected chi connectivity index (χ3v) is 17.1. The number of rotatable bonds is 10. The molecule has 2 aromatic heterocycles. The van der Waals surface area contributed by atoms with E-state index < -0.39 is 40.7 Å². The molecule has 75 heavy (non-hydrogen) atoms. The van der Waals surface area contributed by atoms with E-state index in [-0.39, 0.29) is 123 Å². The van der Waals surface area contributed by atoms with Gasteiger partial charge in [-0.1, -0.05) is 38.1 Å². The molecule has 4 aromatic rings. The molecule has 386 valence electrons. The Hall–Kier alpha value is -6.95. The Balaban J connectivity index is 0.819. The zero-order valence-electron chi connectivity index (χ0n) is 41.9. The molecule has 6 aliphatic heterocycles. The van der Waals surface area contributed by atoms with Crippen molar-refractivity contribution in [3.8, 4) is 11.8 Å². The Morgan fingerprint density at radius 1 is 1.17 bits per heavy atom. The van der Waals surface area contributed by atoms with Crippen molar-refractivity contribution in [2.45, 2.75) is 77.2 Å². The number of aliphatic imine (C=N–C) groups is 2. The Labute approximate surface area is 439 Å². The van der Waals surface area contributed by atoms with Gasteiger partial charge in [0, 0.05) is 70.3 Å². The number of nitrogens with zero attached hydrogens (tertiary/aromatic N) is 8. The summed E-state index contributed by atoms with van der Waals surface area (Å²) in [6, 6.07) is 9.89. The SMILES string of the molecule is C=C(COc1ccc2nc3c(c(CC)c2c1)C=[N+]1C(=O)C2=C(C=C31)[C@@](O)(CC)C(=O)OC2)C(=O)N1CCN(C2N=C(OC[C@@H]3CCCN3C)N=C3C(F)=C(c4ccc(F)c5sc(N)c(C#N)c45)C(Cl)=CC32C)[C@@H](C)C1. The van der Waals surface area contributed by atoms with Crippen LogP contribution in [0.2, 0.25) is 0 Å². The van der Waals surface area contributed by atoms with Gasteiger partial charge in [0.05, 0.1) is 32.5 Å². The first-order valence-corrected chi connectivity index (χ1v) is 26.2. The summed E-state index contributed by atoms with van der Waals surface area (Å²) in [5, 5.41) is 22.5. The van der Waals surface area contributed by atoms with Crippen LogP contribution in [0.3, 0.4) is 0 Å². The van der Waals surface area contributed by atoms with Crippen LogP contribution in [0.5, 0.6) is 5.75 Å². The standard InChI is InChI=1S/C55H53ClF2N9O7S/c1-7-31-33-18-30(11-14-40(33)61-45-35(31)23-67-41(45)19-37-36(50(67)69)26-73-52(70)55(37,71)8-2)72-24-27(3)49(68)65-16-17-66(28(4)22-65)51-54(5)20-38(56)43(32-12-13-39(57)46-42(32)34(21-59)48(60)75-46)44(58)47(54)62-53(63-51)74-25-29-10-9-15-64(29)6/h11-14,18-20,23,28-29,51,71H,3,7-10,15-17,22,24-26,60H2,1-2,4-6H3/q+1/t28-,29-,51?,54?,55-/m0/s1. The van der Waals surface area contributed by atoms with Crippen molar-refractivity contribution >= 4 is 95.9 Å². The van der Waals surface area contributed by atoms with Crippen LogP contribution in [0.25, 0.3) is 32.3 Å². The number of aromatic nitrogens is 1. The number of piperazine rings is 1. The largest absolute Gasteiger partial charge is 0.489 e. The minimum absolute atomic E-state index is 0.00331. The van der Waals surface area contributed by atoms with Gasteiger partial charge in [-0.3, -0.25) is 9.69 Å². The van der Waals surface area contributed by atoms with E-state index in [0.717, 1.165) is 47.2 Å². The van der Waals surface area contributed by atoms with Crippen LogP contribution < -0.4 is 10.5 Å². The number of allylic oxidation sites excluding steroid dienone is 3. The Morgan fingerprint density at radius 3 is 2.69 bits per heavy atom. The van der Waals surface area contributed by atoms with Crippen LogP contribution in [-0.2, 0) is 30.3 Å². The lowest BCUT2D eigenvalue weighted by Crippen LogP contribution is -2.62. The highest BCUT2D eigenvalue weighted by Gasteiger charge is 2.54. The fourth-order valence-electron chi connectivity index (χ4n) is 11.6. The number of benzene rings is 2. The molecule has 5 atom stereocenters. The van der Waals surface area contributed by atoms with Crippen LogP contribution >= 0.6 is 22.9 Å². The molecule has 0 bridgehead atoms. The fraction of sp³-hybridized carbons (Fsp3) is 0.382. The molecular weight excluding hydrogens is 1000 g/mol.